The quantitative estimate of drug-likeness (QED) is 0.662. The number of amides is 2. The topological polar surface area (TPSA) is 94.4 Å². The molecule has 0 aromatic carbocycles. The molecule has 0 bridgehead atoms. The van der Waals surface area contributed by atoms with Crippen LogP contribution in [-0.4, -0.2) is 43.1 Å². The van der Waals surface area contributed by atoms with E-state index in [4.69, 9.17) is 9.47 Å². The normalized spacial score (nSPS) is 18.6. The maximum Gasteiger partial charge on any atom is 0.367 e. The van der Waals surface area contributed by atoms with Gasteiger partial charge in [-0.25, -0.2) is 14.6 Å². The summed E-state index contributed by atoms with van der Waals surface area (Å²) in [5.41, 5.74) is -0.287. The highest BCUT2D eigenvalue weighted by Gasteiger charge is 2.33. The molecule has 0 spiro atoms. The standard InChI is InChI=1S/C10H12N2O5/c1-3-16-8(13)6-5-11-10(15)12-7(6)9(14)17-4-2/h5-6H,3-4H2,1-2H3. The first-order valence-corrected chi connectivity index (χ1v) is 5.10. The summed E-state index contributed by atoms with van der Waals surface area (Å²) in [4.78, 5) is 40.7. The molecule has 0 aliphatic carbocycles. The fourth-order valence-corrected chi connectivity index (χ4v) is 1.19. The minimum Gasteiger partial charge on any atom is -0.465 e. The van der Waals surface area contributed by atoms with Crippen LogP contribution in [0.4, 0.5) is 4.79 Å². The van der Waals surface area contributed by atoms with Crippen LogP contribution in [0.3, 0.4) is 0 Å². The van der Waals surface area contributed by atoms with E-state index in [0.29, 0.717) is 0 Å². The van der Waals surface area contributed by atoms with Crippen molar-refractivity contribution in [2.75, 3.05) is 13.2 Å². The second kappa shape index (κ2) is 5.88. The average Bonchev–Trinajstić information content (AvgIpc) is 2.29. The summed E-state index contributed by atoms with van der Waals surface area (Å²) < 4.78 is 9.44. The molecular formula is C10H12N2O5. The van der Waals surface area contributed by atoms with Crippen molar-refractivity contribution in [2.45, 2.75) is 13.8 Å². The summed E-state index contributed by atoms with van der Waals surface area (Å²) in [6.07, 6.45) is 1.04. The Morgan fingerprint density at radius 3 is 2.53 bits per heavy atom. The third kappa shape index (κ3) is 3.20. The van der Waals surface area contributed by atoms with Crippen molar-refractivity contribution in [2.24, 2.45) is 15.9 Å². The van der Waals surface area contributed by atoms with Crippen molar-refractivity contribution >= 4 is 29.9 Å². The number of nitrogens with zero attached hydrogens (tertiary/aromatic N) is 2. The van der Waals surface area contributed by atoms with Gasteiger partial charge in [-0.15, -0.1) is 0 Å². The number of carbonyl (C=O) groups excluding carboxylic acids is 3. The molecule has 0 N–H and O–H groups in total. The molecule has 1 rings (SSSR count). The van der Waals surface area contributed by atoms with Gasteiger partial charge in [-0.1, -0.05) is 0 Å². The van der Waals surface area contributed by atoms with Crippen LogP contribution in [0, 0.1) is 5.92 Å². The van der Waals surface area contributed by atoms with Gasteiger partial charge in [0.1, 0.15) is 5.92 Å². The van der Waals surface area contributed by atoms with Gasteiger partial charge in [0.25, 0.3) is 0 Å². The van der Waals surface area contributed by atoms with E-state index in [1.807, 2.05) is 0 Å². The summed E-state index contributed by atoms with van der Waals surface area (Å²) in [5, 5.41) is 0. The molecule has 0 aromatic heterocycles. The summed E-state index contributed by atoms with van der Waals surface area (Å²) in [6.45, 7) is 3.52. The largest absolute Gasteiger partial charge is 0.465 e. The molecule has 0 saturated heterocycles. The highest BCUT2D eigenvalue weighted by atomic mass is 16.5. The Kier molecular flexibility index (Phi) is 4.50. The Morgan fingerprint density at radius 1 is 1.29 bits per heavy atom. The van der Waals surface area contributed by atoms with E-state index in [1.165, 1.54) is 0 Å². The smallest absolute Gasteiger partial charge is 0.367 e. The Hall–Kier alpha value is -2.05. The predicted molar refractivity (Wildman–Crippen MR) is 58.1 cm³/mol. The third-order valence-electron chi connectivity index (χ3n) is 1.87. The Bertz CT molecular complexity index is 400. The molecule has 2 amide bonds. The SMILES string of the molecule is CCOC(=O)C1=NC(=O)N=CC1C(=O)OCC. The number of hydrogen-bond donors (Lipinski definition) is 0. The number of rotatable bonds is 4. The summed E-state index contributed by atoms with van der Waals surface area (Å²) in [6, 6.07) is -0.839. The molecule has 7 heteroatoms. The zero-order chi connectivity index (χ0) is 12.8. The summed E-state index contributed by atoms with van der Waals surface area (Å²) in [7, 11) is 0. The highest BCUT2D eigenvalue weighted by molar-refractivity contribution is 6.46. The zero-order valence-corrected chi connectivity index (χ0v) is 9.50. The first-order valence-electron chi connectivity index (χ1n) is 5.10. The van der Waals surface area contributed by atoms with Gasteiger partial charge in [0.05, 0.1) is 13.2 Å². The molecule has 0 fully saturated rings. The second-order valence-corrected chi connectivity index (χ2v) is 3.01. The molecule has 1 unspecified atom stereocenters. The van der Waals surface area contributed by atoms with E-state index in [9.17, 15) is 14.4 Å². The molecule has 1 aliphatic rings. The van der Waals surface area contributed by atoms with Gasteiger partial charge < -0.3 is 9.47 Å². The van der Waals surface area contributed by atoms with Crippen molar-refractivity contribution in [3.63, 3.8) is 0 Å². The minimum atomic E-state index is -1.08. The van der Waals surface area contributed by atoms with E-state index < -0.39 is 23.9 Å². The Labute approximate surface area is 97.5 Å². The van der Waals surface area contributed by atoms with E-state index in [0.717, 1.165) is 6.21 Å². The lowest BCUT2D eigenvalue weighted by molar-refractivity contribution is -0.145. The number of esters is 2. The molecule has 17 heavy (non-hydrogen) atoms. The molecule has 1 atom stereocenters. The van der Waals surface area contributed by atoms with E-state index in [-0.39, 0.29) is 18.9 Å². The fourth-order valence-electron chi connectivity index (χ4n) is 1.19. The third-order valence-corrected chi connectivity index (χ3v) is 1.87. The number of urea groups is 1. The van der Waals surface area contributed by atoms with E-state index >= 15 is 0 Å². The van der Waals surface area contributed by atoms with Crippen LogP contribution < -0.4 is 0 Å². The first-order chi connectivity index (χ1) is 8.10. The lowest BCUT2D eigenvalue weighted by atomic mass is 10.0. The van der Waals surface area contributed by atoms with E-state index in [2.05, 4.69) is 9.98 Å². The van der Waals surface area contributed by atoms with Crippen LogP contribution in [0.15, 0.2) is 9.98 Å². The lowest BCUT2D eigenvalue weighted by Crippen LogP contribution is -2.36. The van der Waals surface area contributed by atoms with Crippen molar-refractivity contribution in [3.05, 3.63) is 0 Å². The number of aliphatic imine (C=N–C) groups is 2. The van der Waals surface area contributed by atoms with Crippen molar-refractivity contribution in [3.8, 4) is 0 Å². The van der Waals surface area contributed by atoms with Crippen molar-refractivity contribution in [1.29, 1.82) is 0 Å². The Balaban J connectivity index is 2.91. The monoisotopic (exact) mass is 240 g/mol. The van der Waals surface area contributed by atoms with Crippen LogP contribution in [0.2, 0.25) is 0 Å². The number of ether oxygens (including phenoxy) is 2. The molecule has 0 aromatic rings. The number of hydrogen-bond acceptors (Lipinski definition) is 5. The summed E-state index contributed by atoms with van der Waals surface area (Å²) in [5.74, 6) is -2.58. The van der Waals surface area contributed by atoms with Gasteiger partial charge in [-0.3, -0.25) is 4.79 Å². The minimum absolute atomic E-state index is 0.124. The first kappa shape index (κ1) is 13.0. The summed E-state index contributed by atoms with van der Waals surface area (Å²) >= 11 is 0. The lowest BCUT2D eigenvalue weighted by Gasteiger charge is -2.14. The molecule has 92 valence electrons. The van der Waals surface area contributed by atoms with Crippen LogP contribution in [0.25, 0.3) is 0 Å². The van der Waals surface area contributed by atoms with Crippen LogP contribution in [0.5, 0.6) is 0 Å². The fraction of sp³-hybridized carbons (Fsp3) is 0.500. The molecule has 0 radical (unpaired) electrons. The van der Waals surface area contributed by atoms with Crippen LogP contribution >= 0.6 is 0 Å². The Morgan fingerprint density at radius 2 is 1.94 bits per heavy atom. The van der Waals surface area contributed by atoms with Gasteiger partial charge in [-0.05, 0) is 13.8 Å². The maximum absolute atomic E-state index is 11.5. The zero-order valence-electron chi connectivity index (χ0n) is 9.50. The van der Waals surface area contributed by atoms with Gasteiger partial charge in [-0.2, -0.15) is 4.99 Å². The van der Waals surface area contributed by atoms with Gasteiger partial charge in [0.2, 0.25) is 0 Å². The molecule has 7 nitrogen and oxygen atoms in total. The van der Waals surface area contributed by atoms with Crippen molar-refractivity contribution in [1.82, 2.24) is 0 Å². The van der Waals surface area contributed by atoms with Gasteiger partial charge >= 0.3 is 18.0 Å². The van der Waals surface area contributed by atoms with Gasteiger partial charge in [0.15, 0.2) is 5.71 Å². The second-order valence-electron chi connectivity index (χ2n) is 3.01. The van der Waals surface area contributed by atoms with Gasteiger partial charge in [0, 0.05) is 6.21 Å². The van der Waals surface area contributed by atoms with Crippen LogP contribution in [-0.2, 0) is 19.1 Å². The molecule has 1 heterocycles. The predicted octanol–water partition coefficient (Wildman–Crippen LogP) is 0.374. The molecule has 0 saturated carbocycles. The highest BCUT2D eigenvalue weighted by Crippen LogP contribution is 2.09. The number of carbonyl (C=O) groups is 3. The molecule has 1 aliphatic heterocycles. The maximum atomic E-state index is 11.5. The van der Waals surface area contributed by atoms with Crippen LogP contribution in [0.1, 0.15) is 13.8 Å². The molecular weight excluding hydrogens is 228 g/mol. The van der Waals surface area contributed by atoms with E-state index in [1.54, 1.807) is 13.8 Å². The average molecular weight is 240 g/mol. The van der Waals surface area contributed by atoms with Crippen molar-refractivity contribution < 1.29 is 23.9 Å².